The van der Waals surface area contributed by atoms with Crippen molar-refractivity contribution < 1.29 is 34.8 Å². The van der Waals surface area contributed by atoms with Crippen LogP contribution in [0.3, 0.4) is 0 Å². The summed E-state index contributed by atoms with van der Waals surface area (Å²) in [5, 5.41) is 2.57. The average molecular weight is 587 g/mol. The monoisotopic (exact) mass is 586 g/mol. The smallest absolute Gasteiger partial charge is 0.332 e. The van der Waals surface area contributed by atoms with E-state index in [1.54, 1.807) is 4.90 Å². The number of rotatable bonds is 8. The van der Waals surface area contributed by atoms with E-state index in [0.717, 1.165) is 23.4 Å². The zero-order valence-electron chi connectivity index (χ0n) is 21.8. The number of nitrogens with zero attached hydrogens (tertiary/aromatic N) is 3. The first kappa shape index (κ1) is 31.5. The van der Waals surface area contributed by atoms with E-state index in [2.05, 4.69) is 15.3 Å². The Morgan fingerprint density at radius 3 is 2.21 bits per heavy atom. The van der Waals surface area contributed by atoms with Crippen LogP contribution in [0.4, 0.5) is 15.3 Å². The number of amides is 1. The van der Waals surface area contributed by atoms with Crippen molar-refractivity contribution in [3.8, 4) is 5.75 Å². The third-order valence-corrected chi connectivity index (χ3v) is 6.87. The number of halogens is 1. The molecule has 0 spiro atoms. The van der Waals surface area contributed by atoms with E-state index in [0.29, 0.717) is 6.42 Å². The van der Waals surface area contributed by atoms with Crippen molar-refractivity contribution in [1.82, 2.24) is 0 Å². The van der Waals surface area contributed by atoms with Crippen LogP contribution in [0.2, 0.25) is 0 Å². The molecule has 0 aromatic heterocycles. The molecule has 2 aromatic rings. The number of nitrogens with two attached hydrogens (primary N) is 2. The zero-order chi connectivity index (χ0) is 29.6. The van der Waals surface area contributed by atoms with Gasteiger partial charge in [-0.2, -0.15) is 21.8 Å². The van der Waals surface area contributed by atoms with E-state index in [1.807, 2.05) is 38.1 Å². The van der Waals surface area contributed by atoms with Gasteiger partial charge in [0.05, 0.1) is 18.6 Å². The number of guanidine groups is 2. The summed E-state index contributed by atoms with van der Waals surface area (Å²) in [5.41, 5.74) is 12.7. The molecule has 0 saturated heterocycles. The van der Waals surface area contributed by atoms with E-state index in [-0.39, 0.29) is 41.4 Å². The van der Waals surface area contributed by atoms with E-state index < -0.39 is 30.9 Å². The van der Waals surface area contributed by atoms with Crippen molar-refractivity contribution in [2.45, 2.75) is 44.2 Å². The molecule has 3 rings (SSSR count). The molecule has 214 valence electrons. The van der Waals surface area contributed by atoms with Crippen LogP contribution >= 0.6 is 0 Å². The number of benzene rings is 2. The van der Waals surface area contributed by atoms with Gasteiger partial charge in [-0.25, -0.2) is 4.99 Å². The summed E-state index contributed by atoms with van der Waals surface area (Å²) in [4.78, 5) is 21.9. The first-order valence-electron chi connectivity index (χ1n) is 11.4. The van der Waals surface area contributed by atoms with Crippen LogP contribution in [0.5, 0.6) is 5.75 Å². The first-order chi connectivity index (χ1) is 18.0. The molecule has 0 radical (unpaired) electrons. The van der Waals surface area contributed by atoms with E-state index in [4.69, 9.17) is 20.8 Å². The van der Waals surface area contributed by atoms with Crippen LogP contribution in [0.15, 0.2) is 57.3 Å². The zero-order valence-corrected chi connectivity index (χ0v) is 23.4. The molecule has 2 aromatic carbocycles. The fourth-order valence-corrected chi connectivity index (χ4v) is 3.96. The van der Waals surface area contributed by atoms with Crippen molar-refractivity contribution in [2.75, 3.05) is 23.1 Å². The number of hydrogen-bond acceptors (Lipinski definition) is 11. The molecule has 1 heterocycles. The van der Waals surface area contributed by atoms with Crippen LogP contribution in [0, 0.1) is 0 Å². The van der Waals surface area contributed by atoms with Crippen molar-refractivity contribution in [1.29, 1.82) is 0 Å². The van der Waals surface area contributed by atoms with Gasteiger partial charge in [-0.15, -0.1) is 3.89 Å². The first-order valence-corrected chi connectivity index (χ1v) is 14.4. The number of carbonyl (C=O) groups is 1. The molecular weight excluding hydrogens is 555 g/mol. The fourth-order valence-electron chi connectivity index (χ4n) is 3.47. The van der Waals surface area contributed by atoms with Gasteiger partial charge in [-0.1, -0.05) is 12.1 Å². The Labute approximate surface area is 226 Å². The van der Waals surface area contributed by atoms with Crippen molar-refractivity contribution in [3.05, 3.63) is 48.0 Å². The van der Waals surface area contributed by atoms with Gasteiger partial charge in [0.15, 0.2) is 0 Å². The Morgan fingerprint density at radius 1 is 1.13 bits per heavy atom. The predicted molar refractivity (Wildman–Crippen MR) is 147 cm³/mol. The van der Waals surface area contributed by atoms with Gasteiger partial charge in [0.1, 0.15) is 16.3 Å². The Kier molecular flexibility index (Phi) is 10.0. The van der Waals surface area contributed by atoms with Gasteiger partial charge in [-0.3, -0.25) is 14.2 Å². The second-order valence-corrected chi connectivity index (χ2v) is 11.7. The summed E-state index contributed by atoms with van der Waals surface area (Å²) in [7, 11) is -7.22. The Morgan fingerprint density at radius 2 is 1.72 bits per heavy atom. The number of carbonyl (C=O) groups excluding carboxylic acids is 1. The molecule has 0 saturated carbocycles. The summed E-state index contributed by atoms with van der Waals surface area (Å²) in [5.74, 6) is -0.0304. The van der Waals surface area contributed by atoms with Crippen LogP contribution < -0.4 is 26.4 Å². The minimum absolute atomic E-state index is 0.0680. The normalized spacial score (nSPS) is 14.9. The van der Waals surface area contributed by atoms with Crippen LogP contribution in [0.1, 0.15) is 32.8 Å². The molecule has 0 atom stereocenters. The number of anilines is 2. The number of methoxy groups -OCH3 is 1. The van der Waals surface area contributed by atoms with E-state index in [9.17, 15) is 25.5 Å². The lowest BCUT2D eigenvalue weighted by molar-refractivity contribution is -0.116. The third-order valence-electron chi connectivity index (χ3n) is 5.32. The largest absolute Gasteiger partial charge is 0.495 e. The van der Waals surface area contributed by atoms with Crippen molar-refractivity contribution in [2.24, 2.45) is 21.5 Å². The number of ether oxygens (including phenoxy) is 1. The van der Waals surface area contributed by atoms with E-state index in [1.165, 1.54) is 20.1 Å². The highest BCUT2D eigenvalue weighted by atomic mass is 32.3. The van der Waals surface area contributed by atoms with Gasteiger partial charge in [0.25, 0.3) is 10.1 Å². The molecule has 0 bridgehead atoms. The molecule has 0 aliphatic carbocycles. The van der Waals surface area contributed by atoms with E-state index >= 15 is 0 Å². The second-order valence-electron chi connectivity index (χ2n) is 8.65. The highest BCUT2D eigenvalue weighted by molar-refractivity contribution is 7.86. The van der Waals surface area contributed by atoms with Crippen molar-refractivity contribution >= 4 is 49.5 Å². The Balaban J connectivity index is 0.000000798. The molecule has 0 unspecified atom stereocenters. The third kappa shape index (κ3) is 9.19. The standard InChI is InChI=1S/C21H25FN6O4S.C2H6O3S/c1-21(2)27-19(23)26-20(24)28(21)14-7-4-13(5-8-14)6-11-18(29)25-16-12-15(33(22,30)31)9-10-17(16)32-3;1-2-6(3,4)5/h4-5,7-10,12H,6,11H2,1-3H3,(H,25,29)(H4,23,24,26,27);2H2,1H3,(H,3,4,5). The minimum atomic E-state index is -4.91. The lowest BCUT2D eigenvalue weighted by atomic mass is 10.1. The molecule has 1 aliphatic rings. The maximum Gasteiger partial charge on any atom is 0.332 e. The molecule has 1 aliphatic heterocycles. The van der Waals surface area contributed by atoms with Gasteiger partial charge in [0.2, 0.25) is 17.8 Å². The van der Waals surface area contributed by atoms with Gasteiger partial charge in [0, 0.05) is 12.1 Å². The lowest BCUT2D eigenvalue weighted by Gasteiger charge is -2.38. The summed E-state index contributed by atoms with van der Waals surface area (Å²) >= 11 is 0. The highest BCUT2D eigenvalue weighted by Gasteiger charge is 2.32. The summed E-state index contributed by atoms with van der Waals surface area (Å²) in [6, 6.07) is 10.7. The van der Waals surface area contributed by atoms with Crippen molar-refractivity contribution in [3.63, 3.8) is 0 Å². The van der Waals surface area contributed by atoms with Gasteiger partial charge in [-0.05, 0) is 63.1 Å². The SMILES string of the molecule is CCS(=O)(=O)O.COc1ccc(S(=O)(=O)F)cc1NC(=O)CCc1ccc(N2C(N)=NC(N)=NC2(C)C)cc1. The fraction of sp³-hybridized carbons (Fsp3) is 0.348. The Bertz CT molecular complexity index is 1470. The summed E-state index contributed by atoms with van der Waals surface area (Å²) < 4.78 is 67.6. The highest BCUT2D eigenvalue weighted by Crippen LogP contribution is 2.29. The maximum absolute atomic E-state index is 13.3. The predicted octanol–water partition coefficient (Wildman–Crippen LogP) is 2.00. The number of nitrogens with one attached hydrogen (secondary N) is 1. The maximum atomic E-state index is 13.3. The number of aliphatic imine (C=N–C) groups is 2. The topological polar surface area (TPSA) is 207 Å². The molecule has 39 heavy (non-hydrogen) atoms. The molecule has 1 amide bonds. The molecule has 0 fully saturated rings. The summed E-state index contributed by atoms with van der Waals surface area (Å²) in [6.45, 7) is 5.09. The van der Waals surface area contributed by atoms with Crippen LogP contribution in [-0.2, 0) is 31.6 Å². The van der Waals surface area contributed by atoms with Gasteiger partial charge < -0.3 is 21.5 Å². The second kappa shape index (κ2) is 12.4. The average Bonchev–Trinajstić information content (AvgIpc) is 2.81. The van der Waals surface area contributed by atoms with Crippen LogP contribution in [-0.4, -0.2) is 57.7 Å². The van der Waals surface area contributed by atoms with Crippen LogP contribution in [0.25, 0.3) is 0 Å². The van der Waals surface area contributed by atoms with Gasteiger partial charge >= 0.3 is 10.2 Å². The summed E-state index contributed by atoms with van der Waals surface area (Å²) in [6.07, 6.45) is 0.516. The molecule has 16 heteroatoms. The quantitative estimate of drug-likeness (QED) is 0.261. The Hall–Kier alpha value is -3.76. The molecule has 13 nitrogen and oxygen atoms in total. The lowest BCUT2D eigenvalue weighted by Crippen LogP contribution is -2.54. The molecule has 6 N–H and O–H groups in total. The number of hydrogen-bond donors (Lipinski definition) is 4. The minimum Gasteiger partial charge on any atom is -0.495 e. The number of aryl methyl sites for hydroxylation is 1. The molecular formula is C23H31FN6O7S2.